The first-order valence-corrected chi connectivity index (χ1v) is 9.74. The maximum atomic E-state index is 4.79. The summed E-state index contributed by atoms with van der Waals surface area (Å²) in [6, 6.07) is 0. The molecule has 0 spiro atoms. The Kier molecular flexibility index (Phi) is 10.6. The van der Waals surface area contributed by atoms with E-state index in [1.165, 1.54) is 11.5 Å². The number of aliphatic imine (C=N–C) groups is 1. The Bertz CT molecular complexity index is 514. The maximum Gasteiger partial charge on any atom is 0.205 e. The van der Waals surface area contributed by atoms with Crippen molar-refractivity contribution in [2.45, 2.75) is 27.2 Å². The number of likely N-dealkylation sites (N-methyl/N-ethyl adjacent to an activating group) is 1. The molecule has 144 valence electrons. The molecule has 0 amide bonds. The van der Waals surface area contributed by atoms with Crippen molar-refractivity contribution in [3.05, 3.63) is 5.82 Å². The highest BCUT2D eigenvalue weighted by Gasteiger charge is 2.21. The largest absolute Gasteiger partial charge is 0.357 e. The SMILES string of the molecule is CCNC(=NCCN(C)CC)N1CCN(c2nc(CC)ns2)CC1.I. The van der Waals surface area contributed by atoms with Crippen LogP contribution < -0.4 is 10.2 Å². The first-order valence-electron chi connectivity index (χ1n) is 8.97. The van der Waals surface area contributed by atoms with Crippen LogP contribution in [0, 0.1) is 0 Å². The second-order valence-electron chi connectivity index (χ2n) is 5.95. The lowest BCUT2D eigenvalue weighted by atomic mass is 10.3. The minimum Gasteiger partial charge on any atom is -0.357 e. The van der Waals surface area contributed by atoms with E-state index in [9.17, 15) is 0 Å². The van der Waals surface area contributed by atoms with Gasteiger partial charge >= 0.3 is 0 Å². The molecule has 1 aromatic rings. The van der Waals surface area contributed by atoms with Gasteiger partial charge in [0.05, 0.1) is 6.54 Å². The smallest absolute Gasteiger partial charge is 0.205 e. The number of rotatable bonds is 7. The zero-order chi connectivity index (χ0) is 17.4. The molecule has 0 aromatic carbocycles. The minimum atomic E-state index is 0. The van der Waals surface area contributed by atoms with Gasteiger partial charge in [-0.15, -0.1) is 24.0 Å². The molecule has 0 atom stereocenters. The number of hydrogen-bond donors (Lipinski definition) is 1. The van der Waals surface area contributed by atoms with Gasteiger partial charge in [-0.1, -0.05) is 13.8 Å². The topological polar surface area (TPSA) is 59.9 Å². The highest BCUT2D eigenvalue weighted by atomic mass is 127. The number of halogens is 1. The van der Waals surface area contributed by atoms with Gasteiger partial charge in [-0.05, 0) is 20.5 Å². The normalized spacial score (nSPS) is 15.5. The number of guanidine groups is 1. The number of aryl methyl sites for hydroxylation is 1. The van der Waals surface area contributed by atoms with Crippen LogP contribution in [0.3, 0.4) is 0 Å². The molecule has 0 aliphatic carbocycles. The molecule has 1 aromatic heterocycles. The summed E-state index contributed by atoms with van der Waals surface area (Å²) in [7, 11) is 2.13. The highest BCUT2D eigenvalue weighted by molar-refractivity contribution is 14.0. The molecule has 1 fully saturated rings. The van der Waals surface area contributed by atoms with Crippen LogP contribution in [0.25, 0.3) is 0 Å². The molecule has 0 saturated carbocycles. The van der Waals surface area contributed by atoms with Gasteiger partial charge in [0.1, 0.15) is 5.82 Å². The van der Waals surface area contributed by atoms with Crippen molar-refractivity contribution in [3.8, 4) is 0 Å². The predicted octanol–water partition coefficient (Wildman–Crippen LogP) is 1.76. The van der Waals surface area contributed by atoms with Gasteiger partial charge in [0.2, 0.25) is 5.13 Å². The Balaban J connectivity index is 0.00000312. The summed E-state index contributed by atoms with van der Waals surface area (Å²) in [6.07, 6.45) is 0.903. The summed E-state index contributed by atoms with van der Waals surface area (Å²) >= 11 is 1.52. The molecule has 1 N–H and O–H groups in total. The van der Waals surface area contributed by atoms with E-state index in [-0.39, 0.29) is 24.0 Å². The van der Waals surface area contributed by atoms with E-state index in [0.29, 0.717) is 0 Å². The van der Waals surface area contributed by atoms with Crippen molar-refractivity contribution in [1.82, 2.24) is 24.5 Å². The summed E-state index contributed by atoms with van der Waals surface area (Å²) in [5.41, 5.74) is 0. The fourth-order valence-corrected chi connectivity index (χ4v) is 3.34. The summed E-state index contributed by atoms with van der Waals surface area (Å²) in [4.78, 5) is 16.4. The number of hydrogen-bond acceptors (Lipinski definition) is 6. The number of nitrogens with one attached hydrogen (secondary N) is 1. The quantitative estimate of drug-likeness (QED) is 0.364. The third-order valence-corrected chi connectivity index (χ3v) is 5.06. The van der Waals surface area contributed by atoms with Gasteiger partial charge in [0, 0.05) is 57.2 Å². The monoisotopic (exact) mass is 481 g/mol. The van der Waals surface area contributed by atoms with E-state index in [0.717, 1.165) is 75.7 Å². The van der Waals surface area contributed by atoms with Gasteiger partial charge in [-0.2, -0.15) is 4.37 Å². The molecule has 9 heteroatoms. The summed E-state index contributed by atoms with van der Waals surface area (Å²) in [6.45, 7) is 14.1. The maximum absolute atomic E-state index is 4.79. The Morgan fingerprint density at radius 2 is 1.96 bits per heavy atom. The lowest BCUT2D eigenvalue weighted by Gasteiger charge is -2.36. The summed E-state index contributed by atoms with van der Waals surface area (Å²) < 4.78 is 4.39. The van der Waals surface area contributed by atoms with E-state index in [1.54, 1.807) is 0 Å². The van der Waals surface area contributed by atoms with E-state index in [1.807, 2.05) is 0 Å². The minimum absolute atomic E-state index is 0. The zero-order valence-electron chi connectivity index (χ0n) is 15.9. The Labute approximate surface area is 173 Å². The van der Waals surface area contributed by atoms with E-state index in [4.69, 9.17) is 4.99 Å². The van der Waals surface area contributed by atoms with Crippen LogP contribution in [0.15, 0.2) is 4.99 Å². The highest BCUT2D eigenvalue weighted by Crippen LogP contribution is 2.19. The number of anilines is 1. The van der Waals surface area contributed by atoms with Gasteiger partial charge in [0.25, 0.3) is 0 Å². The van der Waals surface area contributed by atoms with Gasteiger partial charge in [-0.3, -0.25) is 4.99 Å². The predicted molar refractivity (Wildman–Crippen MR) is 118 cm³/mol. The summed E-state index contributed by atoms with van der Waals surface area (Å²) in [5.74, 6) is 1.99. The van der Waals surface area contributed by atoms with Crippen LogP contribution in [0.4, 0.5) is 5.13 Å². The average molecular weight is 481 g/mol. The molecule has 1 aliphatic heterocycles. The lowest BCUT2D eigenvalue weighted by Crippen LogP contribution is -2.52. The van der Waals surface area contributed by atoms with Gasteiger partial charge in [0.15, 0.2) is 5.96 Å². The molecule has 7 nitrogen and oxygen atoms in total. The van der Waals surface area contributed by atoms with Crippen molar-refractivity contribution >= 4 is 46.6 Å². The second-order valence-corrected chi connectivity index (χ2v) is 6.68. The number of piperazine rings is 1. The standard InChI is InChI=1S/C16H31N7S.HI/c1-5-14-19-16(24-20-14)23-12-10-22(11-13-23)15(17-6-2)18-8-9-21(4)7-3;/h5-13H2,1-4H3,(H,17,18);1H. The first-order chi connectivity index (χ1) is 11.7. The van der Waals surface area contributed by atoms with Crippen LogP contribution in [0.5, 0.6) is 0 Å². The third kappa shape index (κ3) is 6.86. The molecular weight excluding hydrogens is 449 g/mol. The van der Waals surface area contributed by atoms with E-state index < -0.39 is 0 Å². The average Bonchev–Trinajstić information content (AvgIpc) is 3.10. The van der Waals surface area contributed by atoms with Crippen LogP contribution in [-0.2, 0) is 6.42 Å². The van der Waals surface area contributed by atoms with Crippen molar-refractivity contribution in [2.75, 3.05) is 64.3 Å². The lowest BCUT2D eigenvalue weighted by molar-refractivity contribution is 0.354. The van der Waals surface area contributed by atoms with Crippen molar-refractivity contribution < 1.29 is 0 Å². The fraction of sp³-hybridized carbons (Fsp3) is 0.812. The van der Waals surface area contributed by atoms with Crippen molar-refractivity contribution in [3.63, 3.8) is 0 Å². The van der Waals surface area contributed by atoms with E-state index >= 15 is 0 Å². The summed E-state index contributed by atoms with van der Waals surface area (Å²) in [5, 5.41) is 4.48. The molecule has 1 saturated heterocycles. The van der Waals surface area contributed by atoms with Crippen LogP contribution >= 0.6 is 35.5 Å². The molecule has 25 heavy (non-hydrogen) atoms. The molecule has 2 rings (SSSR count). The van der Waals surface area contributed by atoms with Crippen molar-refractivity contribution in [1.29, 1.82) is 0 Å². The second kappa shape index (κ2) is 11.8. The van der Waals surface area contributed by atoms with Gasteiger partial charge in [-0.25, -0.2) is 4.98 Å². The molecule has 0 unspecified atom stereocenters. The van der Waals surface area contributed by atoms with Crippen LogP contribution in [0.1, 0.15) is 26.6 Å². The molecule has 1 aliphatic rings. The third-order valence-electron chi connectivity index (χ3n) is 4.24. The Morgan fingerprint density at radius 3 is 2.52 bits per heavy atom. The Morgan fingerprint density at radius 1 is 1.24 bits per heavy atom. The fourth-order valence-electron chi connectivity index (χ4n) is 2.54. The van der Waals surface area contributed by atoms with Crippen LogP contribution in [-0.4, -0.2) is 84.5 Å². The molecular formula is C16H32IN7S. The van der Waals surface area contributed by atoms with E-state index in [2.05, 4.69) is 57.2 Å². The van der Waals surface area contributed by atoms with Gasteiger partial charge < -0.3 is 20.0 Å². The zero-order valence-corrected chi connectivity index (χ0v) is 19.0. The van der Waals surface area contributed by atoms with Crippen LogP contribution in [0.2, 0.25) is 0 Å². The molecule has 2 heterocycles. The number of nitrogens with zero attached hydrogens (tertiary/aromatic N) is 6. The number of aromatic nitrogens is 2. The first kappa shape index (κ1) is 22.4. The molecule has 0 bridgehead atoms. The Hall–Kier alpha value is -0.680. The van der Waals surface area contributed by atoms with Crippen molar-refractivity contribution in [2.24, 2.45) is 4.99 Å². The molecule has 0 radical (unpaired) electrons.